The summed E-state index contributed by atoms with van der Waals surface area (Å²) in [6, 6.07) is -3.36. The second-order valence-corrected chi connectivity index (χ2v) is 10.6. The first-order valence-electron chi connectivity index (χ1n) is 13.3. The maximum absolute atomic E-state index is 12.6. The Morgan fingerprint density at radius 2 is 1.62 bits per heavy atom. The Hall–Kier alpha value is -1.09. The van der Waals surface area contributed by atoms with Gasteiger partial charge >= 0.3 is 0 Å². The van der Waals surface area contributed by atoms with Crippen LogP contribution in [0.5, 0.6) is 0 Å². The van der Waals surface area contributed by atoms with Gasteiger partial charge in [-0.25, -0.2) is 0 Å². The average Bonchev–Trinajstić information content (AvgIpc) is 2.90. The van der Waals surface area contributed by atoms with Crippen molar-refractivity contribution in [2.75, 3.05) is 20.1 Å². The molecule has 0 bridgehead atoms. The van der Waals surface area contributed by atoms with Crippen LogP contribution in [0.4, 0.5) is 0 Å². The van der Waals surface area contributed by atoms with E-state index in [2.05, 4.69) is 10.6 Å². The molecule has 0 unspecified atom stereocenters. The number of aliphatic hydroxyl groups is 5. The van der Waals surface area contributed by atoms with Crippen molar-refractivity contribution < 1.29 is 49.3 Å². The lowest BCUT2D eigenvalue weighted by molar-refractivity contribution is -0.309. The summed E-state index contributed by atoms with van der Waals surface area (Å²) in [5, 5.41) is 58.5. The molecular weight excluding hydrogens is 520 g/mol. The molecule has 15 N–H and O–H groups in total. The van der Waals surface area contributed by atoms with Crippen LogP contribution in [0.3, 0.4) is 0 Å². The van der Waals surface area contributed by atoms with Crippen molar-refractivity contribution in [1.82, 2.24) is 10.6 Å². The molecule has 39 heavy (non-hydrogen) atoms. The number of carbonyl (C=O) groups excluding carboxylic acids is 1. The van der Waals surface area contributed by atoms with Crippen molar-refractivity contribution >= 4 is 5.91 Å². The Labute approximate surface area is 227 Å². The second kappa shape index (κ2) is 14.2. The van der Waals surface area contributed by atoms with Crippen molar-refractivity contribution in [3.63, 3.8) is 0 Å². The highest BCUT2D eigenvalue weighted by Crippen LogP contribution is 2.31. The van der Waals surface area contributed by atoms with Gasteiger partial charge in [0.1, 0.15) is 48.8 Å². The van der Waals surface area contributed by atoms with Crippen LogP contribution in [0.1, 0.15) is 26.2 Å². The van der Waals surface area contributed by atoms with E-state index in [0.29, 0.717) is 6.42 Å². The van der Waals surface area contributed by atoms with Gasteiger partial charge in [0.25, 0.3) is 0 Å². The Bertz CT molecular complexity index is 786. The largest absolute Gasteiger partial charge is 0.388 e. The van der Waals surface area contributed by atoms with E-state index in [1.54, 1.807) is 7.05 Å². The molecule has 1 amide bonds. The van der Waals surface area contributed by atoms with Crippen LogP contribution in [-0.2, 0) is 23.7 Å². The second-order valence-electron chi connectivity index (χ2n) is 10.6. The van der Waals surface area contributed by atoms with Crippen LogP contribution in [0.25, 0.3) is 0 Å². The third-order valence-corrected chi connectivity index (χ3v) is 7.67. The molecule has 16 heteroatoms. The van der Waals surface area contributed by atoms with Gasteiger partial charge in [-0.3, -0.25) is 4.79 Å². The molecule has 2 saturated heterocycles. The van der Waals surface area contributed by atoms with Crippen LogP contribution in [0.2, 0.25) is 0 Å². The van der Waals surface area contributed by atoms with E-state index < -0.39 is 85.4 Å². The summed E-state index contributed by atoms with van der Waals surface area (Å²) in [6.45, 7) is 1.76. The van der Waals surface area contributed by atoms with Crippen LogP contribution >= 0.6 is 0 Å². The van der Waals surface area contributed by atoms with E-state index in [4.69, 9.17) is 41.9 Å². The molecule has 3 aliphatic rings. The van der Waals surface area contributed by atoms with E-state index in [9.17, 15) is 30.3 Å². The quantitative estimate of drug-likeness (QED) is 0.117. The normalized spacial score (nSPS) is 46.0. The zero-order valence-corrected chi connectivity index (χ0v) is 22.3. The fraction of sp³-hybridized carbons (Fsp3) is 0.957. The van der Waals surface area contributed by atoms with Gasteiger partial charge in [-0.1, -0.05) is 0 Å². The summed E-state index contributed by atoms with van der Waals surface area (Å²) in [6.07, 6.45) is -12.3. The number of amides is 1. The van der Waals surface area contributed by atoms with E-state index in [-0.39, 0.29) is 38.1 Å². The molecular formula is C23H46N6O10. The monoisotopic (exact) mass is 566 g/mol. The Morgan fingerprint density at radius 1 is 0.949 bits per heavy atom. The molecule has 15 atom stereocenters. The lowest BCUT2D eigenvalue weighted by atomic mass is 9.83. The number of likely N-dealkylation sites (N-methyl/N-ethyl adjacent to an activating group) is 1. The van der Waals surface area contributed by atoms with Crippen molar-refractivity contribution in [2.24, 2.45) is 22.9 Å². The first-order valence-corrected chi connectivity index (χ1v) is 13.3. The predicted octanol–water partition coefficient (Wildman–Crippen LogP) is -6.14. The molecule has 0 spiro atoms. The summed E-state index contributed by atoms with van der Waals surface area (Å²) in [4.78, 5) is 12.6. The Morgan fingerprint density at radius 3 is 2.23 bits per heavy atom. The maximum Gasteiger partial charge on any atom is 0.249 e. The highest BCUT2D eigenvalue weighted by atomic mass is 16.7. The third kappa shape index (κ3) is 7.41. The average molecular weight is 567 g/mol. The number of carbonyl (C=O) groups is 1. The molecule has 3 fully saturated rings. The van der Waals surface area contributed by atoms with Gasteiger partial charge in [0.15, 0.2) is 12.6 Å². The fourth-order valence-electron chi connectivity index (χ4n) is 5.34. The molecule has 0 aromatic carbocycles. The lowest BCUT2D eigenvalue weighted by Crippen LogP contribution is -2.69. The third-order valence-electron chi connectivity index (χ3n) is 7.67. The van der Waals surface area contributed by atoms with Gasteiger partial charge in [0.2, 0.25) is 5.91 Å². The first kappa shape index (κ1) is 32.4. The molecule has 0 radical (unpaired) electrons. The van der Waals surface area contributed by atoms with Crippen molar-refractivity contribution in [1.29, 1.82) is 0 Å². The smallest absolute Gasteiger partial charge is 0.249 e. The summed E-state index contributed by atoms with van der Waals surface area (Å²) >= 11 is 0. The molecule has 1 saturated carbocycles. The summed E-state index contributed by atoms with van der Waals surface area (Å²) in [5.41, 5.74) is 23.5. The van der Waals surface area contributed by atoms with Crippen LogP contribution in [-0.4, -0.2) is 143 Å². The van der Waals surface area contributed by atoms with Gasteiger partial charge < -0.3 is 78.0 Å². The van der Waals surface area contributed by atoms with E-state index in [1.165, 1.54) is 0 Å². The van der Waals surface area contributed by atoms with E-state index in [1.807, 2.05) is 6.92 Å². The van der Waals surface area contributed by atoms with Crippen molar-refractivity contribution in [3.05, 3.63) is 0 Å². The van der Waals surface area contributed by atoms with Gasteiger partial charge in [-0.2, -0.15) is 0 Å². The summed E-state index contributed by atoms with van der Waals surface area (Å²) in [5.74, 6) is -0.732. The van der Waals surface area contributed by atoms with Crippen molar-refractivity contribution in [3.8, 4) is 0 Å². The molecule has 16 nitrogen and oxygen atoms in total. The Balaban J connectivity index is 1.83. The molecule has 0 aromatic rings. The topological polar surface area (TPSA) is 283 Å². The number of hydrogen-bond acceptors (Lipinski definition) is 15. The molecule has 1 aliphatic carbocycles. The summed E-state index contributed by atoms with van der Waals surface area (Å²) in [7, 11) is 1.69. The van der Waals surface area contributed by atoms with Gasteiger partial charge in [-0.05, 0) is 39.8 Å². The van der Waals surface area contributed by atoms with Crippen molar-refractivity contribution in [2.45, 2.75) is 118 Å². The first-order chi connectivity index (χ1) is 18.4. The minimum atomic E-state index is -1.51. The number of nitrogens with two attached hydrogens (primary N) is 4. The molecule has 2 heterocycles. The number of nitrogens with one attached hydrogen (secondary N) is 2. The zero-order valence-electron chi connectivity index (χ0n) is 22.3. The molecule has 0 aromatic heterocycles. The van der Waals surface area contributed by atoms with Crippen LogP contribution < -0.4 is 33.6 Å². The highest BCUT2D eigenvalue weighted by Gasteiger charge is 2.51. The molecule has 228 valence electrons. The number of rotatable bonds is 10. The zero-order chi connectivity index (χ0) is 29.0. The lowest BCUT2D eigenvalue weighted by Gasteiger charge is -2.48. The predicted molar refractivity (Wildman–Crippen MR) is 135 cm³/mol. The van der Waals surface area contributed by atoms with E-state index >= 15 is 0 Å². The molecule has 3 rings (SSSR count). The highest BCUT2D eigenvalue weighted by molar-refractivity contribution is 5.80. The fourth-order valence-corrected chi connectivity index (χ4v) is 5.34. The maximum atomic E-state index is 12.6. The minimum Gasteiger partial charge on any atom is -0.388 e. The van der Waals surface area contributed by atoms with Crippen LogP contribution in [0.15, 0.2) is 0 Å². The van der Waals surface area contributed by atoms with Crippen LogP contribution in [0, 0.1) is 0 Å². The number of ether oxygens (including phenoxy) is 4. The van der Waals surface area contributed by atoms with Gasteiger partial charge in [0, 0.05) is 18.6 Å². The standard InChI is InChI=1S/C23H46N6O10/c1-8-5-10(28-2)15(31)23(36-8)39-20-11(29-21(35)12(30)3-4-24)6-9(26)19(18(20)34)38-22-14(27)17(33)16(32)13(7-25)37-22/h8-20,22-23,28,30-34H,3-7,24-27H2,1-2H3,(H,29,35)/t8-,9-,10-,11-,12+,13+,14-,15-,16-,17+,18+,19+,20-,22-,23-/m1/s1. The minimum absolute atomic E-state index is 0.0175. The SMILES string of the molecule is CN[C@@H]1C[C@@H](C)O[C@H](O[C@H]2[C@@H](O)[C@@H](O[C@H]3O[C@@H](CN)[C@@H](O)[C@@H](O)[C@H]3N)[C@H](N)C[C@H]2NC(=O)[C@@H](O)CCN)[C@@H]1O. The van der Waals surface area contributed by atoms with Gasteiger partial charge in [-0.15, -0.1) is 0 Å². The molecule has 2 aliphatic heterocycles. The number of aliphatic hydroxyl groups excluding tert-OH is 5. The van der Waals surface area contributed by atoms with E-state index in [0.717, 1.165) is 0 Å². The Kier molecular flexibility index (Phi) is 11.8. The van der Waals surface area contributed by atoms with Gasteiger partial charge in [0.05, 0.1) is 18.2 Å². The number of hydrogen-bond donors (Lipinski definition) is 11. The summed E-state index contributed by atoms with van der Waals surface area (Å²) < 4.78 is 23.5.